The van der Waals surface area contributed by atoms with Gasteiger partial charge in [-0.1, -0.05) is 39.8 Å². The van der Waals surface area contributed by atoms with Gasteiger partial charge in [-0.2, -0.15) is 0 Å². The SMILES string of the molecule is CCc1cc(CC(N)C(=O)O)cc(CC)c1Oc1ccc(O)c(C(C)C)c1. The molecule has 0 saturated carbocycles. The summed E-state index contributed by atoms with van der Waals surface area (Å²) in [5.41, 5.74) is 9.47. The predicted molar refractivity (Wildman–Crippen MR) is 107 cm³/mol. The number of benzene rings is 2. The highest BCUT2D eigenvalue weighted by Gasteiger charge is 2.17. The monoisotopic (exact) mass is 371 g/mol. The van der Waals surface area contributed by atoms with Gasteiger partial charge in [0.15, 0.2) is 0 Å². The van der Waals surface area contributed by atoms with Crippen LogP contribution >= 0.6 is 0 Å². The minimum Gasteiger partial charge on any atom is -0.508 e. The van der Waals surface area contributed by atoms with Gasteiger partial charge in [0.25, 0.3) is 0 Å². The number of rotatable bonds is 8. The fraction of sp³-hybridized carbons (Fsp3) is 0.409. The summed E-state index contributed by atoms with van der Waals surface area (Å²) in [4.78, 5) is 11.1. The van der Waals surface area contributed by atoms with Crippen LogP contribution in [0.2, 0.25) is 0 Å². The molecule has 1 unspecified atom stereocenters. The molecule has 0 saturated heterocycles. The van der Waals surface area contributed by atoms with Gasteiger partial charge in [-0.05, 0) is 60.1 Å². The lowest BCUT2D eigenvalue weighted by Crippen LogP contribution is -2.32. The Kier molecular flexibility index (Phi) is 6.86. The third-order valence-corrected chi connectivity index (χ3v) is 4.68. The quantitative estimate of drug-likeness (QED) is 0.640. The summed E-state index contributed by atoms with van der Waals surface area (Å²) in [6, 6.07) is 8.31. The summed E-state index contributed by atoms with van der Waals surface area (Å²) in [6.45, 7) is 8.13. The van der Waals surface area contributed by atoms with Gasteiger partial charge in [0.1, 0.15) is 23.3 Å². The minimum absolute atomic E-state index is 0.185. The molecule has 146 valence electrons. The van der Waals surface area contributed by atoms with Gasteiger partial charge in [0.05, 0.1) is 0 Å². The average Bonchev–Trinajstić information content (AvgIpc) is 2.63. The van der Waals surface area contributed by atoms with E-state index >= 15 is 0 Å². The fourth-order valence-corrected chi connectivity index (χ4v) is 3.12. The number of aromatic hydroxyl groups is 1. The zero-order chi connectivity index (χ0) is 20.1. The van der Waals surface area contributed by atoms with Crippen LogP contribution in [0.4, 0.5) is 0 Å². The molecule has 0 fully saturated rings. The molecule has 27 heavy (non-hydrogen) atoms. The smallest absolute Gasteiger partial charge is 0.320 e. The molecule has 0 bridgehead atoms. The van der Waals surface area contributed by atoms with Crippen LogP contribution in [0.25, 0.3) is 0 Å². The predicted octanol–water partition coefficient (Wildman–Crippen LogP) is 4.39. The first-order chi connectivity index (χ1) is 12.8. The average molecular weight is 371 g/mol. The number of hydrogen-bond donors (Lipinski definition) is 3. The highest BCUT2D eigenvalue weighted by molar-refractivity contribution is 5.73. The molecule has 0 aromatic heterocycles. The van der Waals surface area contributed by atoms with E-state index in [1.807, 2.05) is 45.9 Å². The van der Waals surface area contributed by atoms with E-state index < -0.39 is 12.0 Å². The molecule has 0 spiro atoms. The van der Waals surface area contributed by atoms with Crippen molar-refractivity contribution in [2.45, 2.75) is 58.9 Å². The van der Waals surface area contributed by atoms with Crippen molar-refractivity contribution < 1.29 is 19.7 Å². The molecular formula is C22H29NO4. The van der Waals surface area contributed by atoms with Crippen LogP contribution in [-0.2, 0) is 24.1 Å². The first kappa shape index (κ1) is 20.8. The van der Waals surface area contributed by atoms with Gasteiger partial charge in [0, 0.05) is 5.56 Å². The molecular weight excluding hydrogens is 342 g/mol. The topological polar surface area (TPSA) is 92.8 Å². The van der Waals surface area contributed by atoms with E-state index in [1.54, 1.807) is 12.1 Å². The number of aliphatic carboxylic acids is 1. The van der Waals surface area contributed by atoms with Crippen LogP contribution in [0.1, 0.15) is 55.9 Å². The molecule has 2 rings (SSSR count). The summed E-state index contributed by atoms with van der Waals surface area (Å²) in [7, 11) is 0. The van der Waals surface area contributed by atoms with Crippen molar-refractivity contribution in [3.63, 3.8) is 0 Å². The number of nitrogens with two attached hydrogens (primary N) is 1. The second-order valence-corrected chi connectivity index (χ2v) is 7.08. The van der Waals surface area contributed by atoms with Gasteiger partial charge in [-0.15, -0.1) is 0 Å². The van der Waals surface area contributed by atoms with Gasteiger partial charge in [-0.25, -0.2) is 0 Å². The van der Waals surface area contributed by atoms with E-state index in [0.29, 0.717) is 5.75 Å². The van der Waals surface area contributed by atoms with E-state index in [-0.39, 0.29) is 18.1 Å². The van der Waals surface area contributed by atoms with Gasteiger partial charge >= 0.3 is 5.97 Å². The lowest BCUT2D eigenvalue weighted by molar-refractivity contribution is -0.138. The molecule has 5 nitrogen and oxygen atoms in total. The van der Waals surface area contributed by atoms with E-state index in [9.17, 15) is 9.90 Å². The van der Waals surface area contributed by atoms with Crippen molar-refractivity contribution in [1.82, 2.24) is 0 Å². The molecule has 0 aliphatic heterocycles. The van der Waals surface area contributed by atoms with E-state index in [0.717, 1.165) is 40.8 Å². The maximum atomic E-state index is 11.1. The van der Waals surface area contributed by atoms with Gasteiger partial charge < -0.3 is 20.7 Å². The van der Waals surface area contributed by atoms with E-state index in [2.05, 4.69) is 0 Å². The van der Waals surface area contributed by atoms with Crippen LogP contribution in [0.15, 0.2) is 30.3 Å². The maximum Gasteiger partial charge on any atom is 0.320 e. The van der Waals surface area contributed by atoms with Crippen molar-refractivity contribution in [2.24, 2.45) is 5.73 Å². The Morgan fingerprint density at radius 1 is 1.11 bits per heavy atom. The molecule has 4 N–H and O–H groups in total. The van der Waals surface area contributed by atoms with Gasteiger partial charge in [-0.3, -0.25) is 4.79 Å². The number of aryl methyl sites for hydroxylation is 2. The number of carboxylic acids is 1. The highest BCUT2D eigenvalue weighted by Crippen LogP contribution is 2.35. The first-order valence-electron chi connectivity index (χ1n) is 9.40. The van der Waals surface area contributed by atoms with Crippen LogP contribution in [0, 0.1) is 0 Å². The molecule has 1 atom stereocenters. The van der Waals surface area contributed by atoms with Crippen LogP contribution in [0.3, 0.4) is 0 Å². The summed E-state index contributed by atoms with van der Waals surface area (Å²) in [6.07, 6.45) is 1.80. The number of carboxylic acid groups (broad SMARTS) is 1. The Bertz CT molecular complexity index is 789. The van der Waals surface area contributed by atoms with E-state index in [4.69, 9.17) is 15.6 Å². The van der Waals surface area contributed by atoms with E-state index in [1.165, 1.54) is 0 Å². The Hall–Kier alpha value is -2.53. The Morgan fingerprint density at radius 2 is 1.70 bits per heavy atom. The number of phenols is 1. The summed E-state index contributed by atoms with van der Waals surface area (Å²) >= 11 is 0. The van der Waals surface area contributed by atoms with Crippen molar-refractivity contribution in [2.75, 3.05) is 0 Å². The summed E-state index contributed by atoms with van der Waals surface area (Å²) in [5.74, 6) is 0.923. The lowest BCUT2D eigenvalue weighted by atomic mass is 9.96. The molecule has 2 aromatic rings. The van der Waals surface area contributed by atoms with Crippen molar-refractivity contribution in [3.05, 3.63) is 52.6 Å². The Morgan fingerprint density at radius 3 is 2.19 bits per heavy atom. The van der Waals surface area contributed by atoms with Crippen LogP contribution in [-0.4, -0.2) is 22.2 Å². The third-order valence-electron chi connectivity index (χ3n) is 4.68. The van der Waals surface area contributed by atoms with Gasteiger partial charge in [0.2, 0.25) is 0 Å². The molecule has 0 aliphatic rings. The third kappa shape index (κ3) is 5.01. The zero-order valence-corrected chi connectivity index (χ0v) is 16.5. The van der Waals surface area contributed by atoms with Crippen LogP contribution < -0.4 is 10.5 Å². The molecule has 0 heterocycles. The second kappa shape index (κ2) is 8.91. The fourth-order valence-electron chi connectivity index (χ4n) is 3.12. The Balaban J connectivity index is 2.41. The molecule has 5 heteroatoms. The molecule has 0 amide bonds. The molecule has 0 aliphatic carbocycles. The molecule has 0 radical (unpaired) electrons. The number of hydrogen-bond acceptors (Lipinski definition) is 4. The largest absolute Gasteiger partial charge is 0.508 e. The molecule has 2 aromatic carbocycles. The summed E-state index contributed by atoms with van der Waals surface area (Å²) < 4.78 is 6.22. The number of carbonyl (C=O) groups is 1. The normalized spacial score (nSPS) is 12.2. The van der Waals surface area contributed by atoms with Crippen molar-refractivity contribution in [1.29, 1.82) is 0 Å². The minimum atomic E-state index is -1.00. The first-order valence-corrected chi connectivity index (χ1v) is 9.40. The van der Waals surface area contributed by atoms with Crippen LogP contribution in [0.5, 0.6) is 17.2 Å². The second-order valence-electron chi connectivity index (χ2n) is 7.08. The number of ether oxygens (including phenoxy) is 1. The Labute approximate surface area is 160 Å². The van der Waals surface area contributed by atoms with Crippen molar-refractivity contribution in [3.8, 4) is 17.2 Å². The highest BCUT2D eigenvalue weighted by atomic mass is 16.5. The summed E-state index contributed by atoms with van der Waals surface area (Å²) in [5, 5.41) is 19.1. The zero-order valence-electron chi connectivity index (χ0n) is 16.5. The number of phenolic OH excluding ortho intramolecular Hbond substituents is 1. The maximum absolute atomic E-state index is 11.1. The lowest BCUT2D eigenvalue weighted by Gasteiger charge is -2.18. The van der Waals surface area contributed by atoms with Crippen molar-refractivity contribution >= 4 is 5.97 Å². The standard InChI is InChI=1S/C22H29NO4/c1-5-15-9-14(11-19(23)22(25)26)10-16(6-2)21(15)27-17-7-8-20(24)18(12-17)13(3)4/h7-10,12-13,19,24H,5-6,11,23H2,1-4H3,(H,25,26).